The molecule has 19 heavy (non-hydrogen) atoms. The van der Waals surface area contributed by atoms with Gasteiger partial charge in [-0.1, -0.05) is 0 Å². The standard InChI is InChI=1S/C14H27N3O2/c18-13-4-2-12(3-5-13)10-16-14(19)11-17-8-1-6-15-7-9-17/h12-13,15,18H,1-11H2,(H,16,19). The van der Waals surface area contributed by atoms with Gasteiger partial charge < -0.3 is 15.7 Å². The summed E-state index contributed by atoms with van der Waals surface area (Å²) in [6.07, 6.45) is 4.85. The predicted octanol–water partition coefficient (Wildman–Crippen LogP) is -0.0510. The summed E-state index contributed by atoms with van der Waals surface area (Å²) in [5.41, 5.74) is 0. The molecule has 0 bridgehead atoms. The molecule has 0 aromatic carbocycles. The molecule has 1 saturated carbocycles. The second kappa shape index (κ2) is 7.82. The Morgan fingerprint density at radius 3 is 2.79 bits per heavy atom. The normalized spacial score (nSPS) is 29.7. The molecule has 0 aromatic heterocycles. The molecular weight excluding hydrogens is 242 g/mol. The number of amides is 1. The zero-order valence-electron chi connectivity index (χ0n) is 11.7. The third-order valence-corrected chi connectivity index (χ3v) is 4.20. The first-order valence-corrected chi connectivity index (χ1v) is 7.62. The van der Waals surface area contributed by atoms with Gasteiger partial charge in [-0.05, 0) is 51.1 Å². The van der Waals surface area contributed by atoms with Gasteiger partial charge in [0.05, 0.1) is 12.6 Å². The Kier molecular flexibility index (Phi) is 6.07. The molecule has 2 aliphatic rings. The number of aliphatic hydroxyl groups excluding tert-OH is 1. The summed E-state index contributed by atoms with van der Waals surface area (Å²) in [4.78, 5) is 14.1. The summed E-state index contributed by atoms with van der Waals surface area (Å²) in [7, 11) is 0. The SMILES string of the molecule is O=C(CN1CCCNCC1)NCC1CCC(O)CC1. The fraction of sp³-hybridized carbons (Fsp3) is 0.929. The van der Waals surface area contributed by atoms with Gasteiger partial charge in [-0.25, -0.2) is 0 Å². The predicted molar refractivity (Wildman–Crippen MR) is 74.9 cm³/mol. The van der Waals surface area contributed by atoms with Crippen molar-refractivity contribution < 1.29 is 9.90 Å². The van der Waals surface area contributed by atoms with Crippen molar-refractivity contribution in [3.05, 3.63) is 0 Å². The van der Waals surface area contributed by atoms with Gasteiger partial charge in [0.25, 0.3) is 0 Å². The van der Waals surface area contributed by atoms with Gasteiger partial charge in [0, 0.05) is 19.6 Å². The van der Waals surface area contributed by atoms with E-state index >= 15 is 0 Å². The minimum Gasteiger partial charge on any atom is -0.393 e. The van der Waals surface area contributed by atoms with Crippen LogP contribution in [-0.2, 0) is 4.79 Å². The maximum Gasteiger partial charge on any atom is 0.234 e. The van der Waals surface area contributed by atoms with Crippen molar-refractivity contribution in [2.24, 2.45) is 5.92 Å². The van der Waals surface area contributed by atoms with E-state index in [4.69, 9.17) is 0 Å². The van der Waals surface area contributed by atoms with E-state index in [2.05, 4.69) is 15.5 Å². The van der Waals surface area contributed by atoms with E-state index in [0.717, 1.165) is 64.8 Å². The van der Waals surface area contributed by atoms with Gasteiger partial charge in [0.2, 0.25) is 5.91 Å². The molecule has 0 radical (unpaired) electrons. The lowest BCUT2D eigenvalue weighted by molar-refractivity contribution is -0.122. The number of nitrogens with zero attached hydrogens (tertiary/aromatic N) is 1. The molecule has 1 aliphatic carbocycles. The number of carbonyl (C=O) groups is 1. The topological polar surface area (TPSA) is 64.6 Å². The smallest absolute Gasteiger partial charge is 0.234 e. The number of aliphatic hydroxyl groups is 1. The van der Waals surface area contributed by atoms with Crippen LogP contribution in [0.3, 0.4) is 0 Å². The third kappa shape index (κ3) is 5.47. The Bertz CT molecular complexity index is 270. The largest absolute Gasteiger partial charge is 0.393 e. The lowest BCUT2D eigenvalue weighted by atomic mass is 9.87. The summed E-state index contributed by atoms with van der Waals surface area (Å²) in [6.45, 7) is 5.31. The highest BCUT2D eigenvalue weighted by Crippen LogP contribution is 2.23. The molecule has 1 heterocycles. The summed E-state index contributed by atoms with van der Waals surface area (Å²) in [5.74, 6) is 0.700. The molecule has 110 valence electrons. The lowest BCUT2D eigenvalue weighted by Crippen LogP contribution is -2.41. The van der Waals surface area contributed by atoms with E-state index in [0.29, 0.717) is 12.5 Å². The van der Waals surface area contributed by atoms with Crippen LogP contribution in [0.5, 0.6) is 0 Å². The number of hydrogen-bond acceptors (Lipinski definition) is 4. The molecule has 5 nitrogen and oxygen atoms in total. The van der Waals surface area contributed by atoms with Crippen LogP contribution >= 0.6 is 0 Å². The Balaban J connectivity index is 1.61. The zero-order chi connectivity index (χ0) is 13.5. The second-order valence-corrected chi connectivity index (χ2v) is 5.86. The highest BCUT2D eigenvalue weighted by Gasteiger charge is 2.20. The van der Waals surface area contributed by atoms with Crippen LogP contribution in [0, 0.1) is 5.92 Å². The lowest BCUT2D eigenvalue weighted by Gasteiger charge is -2.26. The average Bonchev–Trinajstić information content (AvgIpc) is 2.67. The maximum atomic E-state index is 11.9. The first-order chi connectivity index (χ1) is 9.24. The monoisotopic (exact) mass is 269 g/mol. The average molecular weight is 269 g/mol. The number of rotatable bonds is 4. The van der Waals surface area contributed by atoms with E-state index in [1.807, 2.05) is 0 Å². The van der Waals surface area contributed by atoms with Gasteiger partial charge in [-0.3, -0.25) is 9.69 Å². The maximum absolute atomic E-state index is 11.9. The van der Waals surface area contributed by atoms with Crippen molar-refractivity contribution in [1.82, 2.24) is 15.5 Å². The fourth-order valence-electron chi connectivity index (χ4n) is 2.93. The minimum atomic E-state index is -0.114. The van der Waals surface area contributed by atoms with Crippen LogP contribution in [0.25, 0.3) is 0 Å². The van der Waals surface area contributed by atoms with Crippen LogP contribution in [0.1, 0.15) is 32.1 Å². The Labute approximate surface area is 115 Å². The fourth-order valence-corrected chi connectivity index (χ4v) is 2.93. The van der Waals surface area contributed by atoms with E-state index < -0.39 is 0 Å². The molecule has 0 atom stereocenters. The molecule has 2 rings (SSSR count). The Morgan fingerprint density at radius 2 is 2.00 bits per heavy atom. The van der Waals surface area contributed by atoms with E-state index in [1.54, 1.807) is 0 Å². The van der Waals surface area contributed by atoms with Gasteiger partial charge in [0.1, 0.15) is 0 Å². The van der Waals surface area contributed by atoms with Gasteiger partial charge >= 0.3 is 0 Å². The molecular formula is C14H27N3O2. The first-order valence-electron chi connectivity index (χ1n) is 7.62. The van der Waals surface area contributed by atoms with E-state index in [-0.39, 0.29) is 12.0 Å². The Morgan fingerprint density at radius 1 is 1.21 bits per heavy atom. The molecule has 0 unspecified atom stereocenters. The van der Waals surface area contributed by atoms with Crippen LogP contribution in [0.15, 0.2) is 0 Å². The van der Waals surface area contributed by atoms with Crippen molar-refractivity contribution >= 4 is 5.91 Å². The number of nitrogens with one attached hydrogen (secondary N) is 2. The van der Waals surface area contributed by atoms with Gasteiger partial charge in [-0.15, -0.1) is 0 Å². The molecule has 2 fully saturated rings. The quantitative estimate of drug-likeness (QED) is 0.669. The number of carbonyl (C=O) groups excluding carboxylic acids is 1. The molecule has 1 amide bonds. The van der Waals surface area contributed by atoms with Crippen LogP contribution in [0.2, 0.25) is 0 Å². The number of hydrogen-bond donors (Lipinski definition) is 3. The minimum absolute atomic E-state index is 0.114. The Hall–Kier alpha value is -0.650. The van der Waals surface area contributed by atoms with Crippen LogP contribution in [0.4, 0.5) is 0 Å². The molecule has 1 aliphatic heterocycles. The molecule has 5 heteroatoms. The van der Waals surface area contributed by atoms with Crippen molar-refractivity contribution in [3.8, 4) is 0 Å². The summed E-state index contributed by atoms with van der Waals surface area (Å²) in [6, 6.07) is 0. The molecule has 0 spiro atoms. The van der Waals surface area contributed by atoms with Crippen molar-refractivity contribution in [2.45, 2.75) is 38.2 Å². The molecule has 1 saturated heterocycles. The van der Waals surface area contributed by atoms with Crippen LogP contribution in [-0.4, -0.2) is 61.3 Å². The van der Waals surface area contributed by atoms with E-state index in [1.165, 1.54) is 0 Å². The highest BCUT2D eigenvalue weighted by molar-refractivity contribution is 5.78. The van der Waals surface area contributed by atoms with Crippen LogP contribution < -0.4 is 10.6 Å². The third-order valence-electron chi connectivity index (χ3n) is 4.20. The molecule has 0 aromatic rings. The summed E-state index contributed by atoms with van der Waals surface area (Å²) in [5, 5.41) is 15.8. The summed E-state index contributed by atoms with van der Waals surface area (Å²) < 4.78 is 0. The zero-order valence-corrected chi connectivity index (χ0v) is 11.7. The van der Waals surface area contributed by atoms with Crippen molar-refractivity contribution in [3.63, 3.8) is 0 Å². The molecule has 3 N–H and O–H groups in total. The van der Waals surface area contributed by atoms with E-state index in [9.17, 15) is 9.90 Å². The first kappa shape index (κ1) is 14.8. The highest BCUT2D eigenvalue weighted by atomic mass is 16.3. The summed E-state index contributed by atoms with van der Waals surface area (Å²) >= 11 is 0. The van der Waals surface area contributed by atoms with Gasteiger partial charge in [0.15, 0.2) is 0 Å². The van der Waals surface area contributed by atoms with Crippen molar-refractivity contribution in [2.75, 3.05) is 39.3 Å². The van der Waals surface area contributed by atoms with Gasteiger partial charge in [-0.2, -0.15) is 0 Å². The van der Waals surface area contributed by atoms with Crippen molar-refractivity contribution in [1.29, 1.82) is 0 Å². The second-order valence-electron chi connectivity index (χ2n) is 5.86.